The summed E-state index contributed by atoms with van der Waals surface area (Å²) in [6.07, 6.45) is 1.19. The molecule has 1 aliphatic rings. The molecule has 5 aromatic rings. The van der Waals surface area contributed by atoms with Crippen molar-refractivity contribution in [2.24, 2.45) is 5.41 Å². The number of hydrogen-bond donors (Lipinski definition) is 2. The smallest absolute Gasteiger partial charge is 0.230 e. The SMILES string of the molecule is COc1ccc(C(OCC2OC(n3cnc4c(NC(=O)C(C)(C)C)ncnc43)CC2O)(c2ccccc2)c2ccc(OC)cc2)cc1. The Morgan fingerprint density at radius 3 is 2.06 bits per heavy atom. The number of aliphatic hydroxyl groups is 1. The highest BCUT2D eigenvalue weighted by molar-refractivity contribution is 5.99. The first kappa shape index (κ1) is 32.1. The van der Waals surface area contributed by atoms with Gasteiger partial charge in [0.1, 0.15) is 35.8 Å². The summed E-state index contributed by atoms with van der Waals surface area (Å²) < 4.78 is 26.1. The minimum atomic E-state index is -1.06. The van der Waals surface area contributed by atoms with Crippen LogP contribution in [0.25, 0.3) is 11.2 Å². The summed E-state index contributed by atoms with van der Waals surface area (Å²) in [6, 6.07) is 25.5. The molecule has 1 saturated heterocycles. The molecule has 0 spiro atoms. The number of imidazole rings is 1. The molecule has 11 heteroatoms. The van der Waals surface area contributed by atoms with Crippen LogP contribution in [-0.4, -0.2) is 63.6 Å². The van der Waals surface area contributed by atoms with Crippen LogP contribution in [0.2, 0.25) is 0 Å². The summed E-state index contributed by atoms with van der Waals surface area (Å²) in [5.41, 5.74) is 1.90. The van der Waals surface area contributed by atoms with E-state index in [-0.39, 0.29) is 18.9 Å². The largest absolute Gasteiger partial charge is 0.497 e. The molecule has 0 aliphatic carbocycles. The third-order valence-corrected chi connectivity index (χ3v) is 8.42. The number of amides is 1. The summed E-state index contributed by atoms with van der Waals surface area (Å²) in [5.74, 6) is 1.58. The van der Waals surface area contributed by atoms with Crippen LogP contribution in [-0.2, 0) is 19.9 Å². The number of carbonyl (C=O) groups is 1. The quantitative estimate of drug-likeness (QED) is 0.191. The number of rotatable bonds is 10. The molecule has 11 nitrogen and oxygen atoms in total. The van der Waals surface area contributed by atoms with E-state index in [9.17, 15) is 9.90 Å². The normalized spacial score (nSPS) is 18.3. The van der Waals surface area contributed by atoms with Crippen LogP contribution >= 0.6 is 0 Å². The molecule has 2 aromatic heterocycles. The van der Waals surface area contributed by atoms with Crippen LogP contribution in [0.1, 0.15) is 50.1 Å². The van der Waals surface area contributed by atoms with Gasteiger partial charge in [-0.05, 0) is 41.0 Å². The highest BCUT2D eigenvalue weighted by atomic mass is 16.6. The van der Waals surface area contributed by atoms with Gasteiger partial charge in [0.05, 0.1) is 33.3 Å². The van der Waals surface area contributed by atoms with Gasteiger partial charge in [0.25, 0.3) is 0 Å². The standard InChI is InChI=1S/C36H39N5O6/c1-35(2,3)34(43)40-32-31-33(38-21-37-32)41(22-39-31)30-19-28(42)29(47-30)20-46-36(23-9-7-6-8-10-23,24-11-15-26(44-4)16-12-24)25-13-17-27(45-5)18-14-25/h6-18,21-22,28-30,42H,19-20H2,1-5H3,(H,37,38,40,43). The predicted molar refractivity (Wildman–Crippen MR) is 176 cm³/mol. The molecule has 6 rings (SSSR count). The van der Waals surface area contributed by atoms with Crippen molar-refractivity contribution < 1.29 is 28.8 Å². The zero-order valence-electron chi connectivity index (χ0n) is 27.1. The van der Waals surface area contributed by atoms with E-state index in [0.717, 1.165) is 28.2 Å². The van der Waals surface area contributed by atoms with E-state index in [4.69, 9.17) is 18.9 Å². The minimum Gasteiger partial charge on any atom is -0.497 e. The molecule has 3 heterocycles. The Hall–Kier alpha value is -4.84. The number of nitrogens with zero attached hydrogens (tertiary/aromatic N) is 4. The van der Waals surface area contributed by atoms with Gasteiger partial charge in [0.2, 0.25) is 5.91 Å². The van der Waals surface area contributed by atoms with Gasteiger partial charge in [-0.2, -0.15) is 0 Å². The van der Waals surface area contributed by atoms with Gasteiger partial charge in [-0.25, -0.2) is 15.0 Å². The van der Waals surface area contributed by atoms with Crippen LogP contribution in [0.4, 0.5) is 5.82 Å². The van der Waals surface area contributed by atoms with E-state index >= 15 is 0 Å². The average Bonchev–Trinajstić information content (AvgIpc) is 3.69. The van der Waals surface area contributed by atoms with Gasteiger partial charge in [-0.3, -0.25) is 9.36 Å². The highest BCUT2D eigenvalue weighted by Gasteiger charge is 2.42. The molecular formula is C36H39N5O6. The molecule has 0 bridgehead atoms. The maximum Gasteiger partial charge on any atom is 0.230 e. The zero-order chi connectivity index (χ0) is 33.2. The average molecular weight is 638 g/mol. The fourth-order valence-corrected chi connectivity index (χ4v) is 5.77. The van der Waals surface area contributed by atoms with Crippen LogP contribution in [0.15, 0.2) is 91.5 Å². The van der Waals surface area contributed by atoms with Gasteiger partial charge in [0.15, 0.2) is 17.0 Å². The molecule has 1 fully saturated rings. The third-order valence-electron chi connectivity index (χ3n) is 8.42. The second-order valence-electron chi connectivity index (χ2n) is 12.5. The minimum absolute atomic E-state index is 0.0686. The van der Waals surface area contributed by atoms with Crippen LogP contribution in [0.3, 0.4) is 0 Å². The fraction of sp³-hybridized carbons (Fsp3) is 0.333. The maximum atomic E-state index is 12.7. The van der Waals surface area contributed by atoms with Crippen LogP contribution in [0, 0.1) is 5.41 Å². The highest BCUT2D eigenvalue weighted by Crippen LogP contribution is 2.43. The van der Waals surface area contributed by atoms with Gasteiger partial charge >= 0.3 is 0 Å². The van der Waals surface area contributed by atoms with Gasteiger partial charge < -0.3 is 29.4 Å². The summed E-state index contributed by atoms with van der Waals surface area (Å²) >= 11 is 0. The van der Waals surface area contributed by atoms with Crippen molar-refractivity contribution in [3.05, 3.63) is 108 Å². The number of methoxy groups -OCH3 is 2. The Morgan fingerprint density at radius 1 is 0.894 bits per heavy atom. The van der Waals surface area contributed by atoms with Crippen molar-refractivity contribution in [3.8, 4) is 11.5 Å². The number of benzene rings is 3. The molecule has 0 saturated carbocycles. The molecule has 3 aromatic carbocycles. The van der Waals surface area contributed by atoms with E-state index in [2.05, 4.69) is 20.3 Å². The number of anilines is 1. The van der Waals surface area contributed by atoms with E-state index in [1.807, 2.05) is 99.6 Å². The summed E-state index contributed by atoms with van der Waals surface area (Å²) in [4.78, 5) is 25.8. The lowest BCUT2D eigenvalue weighted by atomic mass is 9.80. The molecule has 2 N–H and O–H groups in total. The first-order valence-electron chi connectivity index (χ1n) is 15.4. The maximum absolute atomic E-state index is 12.7. The number of aliphatic hydroxyl groups excluding tert-OH is 1. The molecule has 3 unspecified atom stereocenters. The Morgan fingerprint density at radius 2 is 1.49 bits per heavy atom. The van der Waals surface area contributed by atoms with Gasteiger partial charge in [0, 0.05) is 11.8 Å². The topological polar surface area (TPSA) is 130 Å². The van der Waals surface area contributed by atoms with Crippen molar-refractivity contribution in [2.45, 2.75) is 51.2 Å². The number of nitrogens with one attached hydrogen (secondary N) is 1. The lowest BCUT2D eigenvalue weighted by Crippen LogP contribution is -2.38. The van der Waals surface area contributed by atoms with Crippen molar-refractivity contribution >= 4 is 22.9 Å². The lowest BCUT2D eigenvalue weighted by Gasteiger charge is -2.37. The Labute approximate surface area is 273 Å². The van der Waals surface area contributed by atoms with E-state index in [1.54, 1.807) is 25.1 Å². The number of aromatic nitrogens is 4. The summed E-state index contributed by atoms with van der Waals surface area (Å²) in [5, 5.41) is 14.1. The van der Waals surface area contributed by atoms with Crippen molar-refractivity contribution in [1.29, 1.82) is 0 Å². The Balaban J connectivity index is 1.32. The van der Waals surface area contributed by atoms with Gasteiger partial charge in [-0.1, -0.05) is 75.4 Å². The third kappa shape index (κ3) is 6.29. The first-order chi connectivity index (χ1) is 22.6. The fourth-order valence-electron chi connectivity index (χ4n) is 5.77. The van der Waals surface area contributed by atoms with Crippen LogP contribution < -0.4 is 14.8 Å². The molecule has 244 valence electrons. The zero-order valence-corrected chi connectivity index (χ0v) is 27.1. The Bertz CT molecular complexity index is 1770. The Kier molecular flexibility index (Phi) is 8.96. The first-order valence-corrected chi connectivity index (χ1v) is 15.4. The second kappa shape index (κ2) is 13.1. The van der Waals surface area contributed by atoms with Crippen molar-refractivity contribution in [1.82, 2.24) is 19.5 Å². The monoisotopic (exact) mass is 637 g/mol. The molecule has 0 radical (unpaired) electrons. The number of hydrogen-bond acceptors (Lipinski definition) is 9. The van der Waals surface area contributed by atoms with E-state index in [0.29, 0.717) is 17.0 Å². The lowest BCUT2D eigenvalue weighted by molar-refractivity contribution is -0.123. The van der Waals surface area contributed by atoms with Gasteiger partial charge in [-0.15, -0.1) is 0 Å². The van der Waals surface area contributed by atoms with Crippen molar-refractivity contribution in [3.63, 3.8) is 0 Å². The van der Waals surface area contributed by atoms with Crippen molar-refractivity contribution in [2.75, 3.05) is 26.1 Å². The van der Waals surface area contributed by atoms with E-state index < -0.39 is 29.5 Å². The molecular weight excluding hydrogens is 598 g/mol. The number of fused-ring (bicyclic) bond motifs is 1. The predicted octanol–water partition coefficient (Wildman–Crippen LogP) is 5.49. The summed E-state index contributed by atoms with van der Waals surface area (Å²) in [7, 11) is 3.26. The molecule has 1 amide bonds. The summed E-state index contributed by atoms with van der Waals surface area (Å²) in [6.45, 7) is 5.54. The number of ether oxygens (including phenoxy) is 4. The molecule has 47 heavy (non-hydrogen) atoms. The molecule has 3 atom stereocenters. The second-order valence-corrected chi connectivity index (χ2v) is 12.5. The molecule has 1 aliphatic heterocycles. The van der Waals surface area contributed by atoms with E-state index in [1.165, 1.54) is 6.33 Å². The number of carbonyl (C=O) groups excluding carboxylic acids is 1. The van der Waals surface area contributed by atoms with Crippen LogP contribution in [0.5, 0.6) is 11.5 Å².